The summed E-state index contributed by atoms with van der Waals surface area (Å²) >= 11 is 0. The van der Waals surface area contributed by atoms with Gasteiger partial charge in [-0.25, -0.2) is 0 Å². The highest BCUT2D eigenvalue weighted by atomic mass is 16.5. The smallest absolute Gasteiger partial charge is 0.309 e. The Morgan fingerprint density at radius 2 is 1.61 bits per heavy atom. The van der Waals surface area contributed by atoms with Crippen molar-refractivity contribution in [2.45, 2.75) is 31.6 Å². The molecule has 28 heavy (non-hydrogen) atoms. The van der Waals surface area contributed by atoms with Crippen molar-refractivity contribution in [3.63, 3.8) is 0 Å². The number of ether oxygens (including phenoxy) is 1. The van der Waals surface area contributed by atoms with Crippen LogP contribution < -0.4 is 5.32 Å². The molecule has 146 valence electrons. The second-order valence-electron chi connectivity index (χ2n) is 7.10. The summed E-state index contributed by atoms with van der Waals surface area (Å²) in [6.07, 6.45) is 7.26. The van der Waals surface area contributed by atoms with Gasteiger partial charge in [-0.15, -0.1) is 0 Å². The molecule has 0 saturated heterocycles. The van der Waals surface area contributed by atoms with Gasteiger partial charge in [-0.1, -0.05) is 72.8 Å². The molecule has 0 fully saturated rings. The molecule has 4 nitrogen and oxygen atoms in total. The molecule has 1 aliphatic rings. The number of esters is 1. The number of benzene rings is 2. The summed E-state index contributed by atoms with van der Waals surface area (Å²) in [6.45, 7) is 0.317. The molecule has 0 unspecified atom stereocenters. The Morgan fingerprint density at radius 1 is 0.964 bits per heavy atom. The Kier molecular flexibility index (Phi) is 7.42. The third-order valence-corrected chi connectivity index (χ3v) is 5.11. The molecule has 0 heterocycles. The minimum Gasteiger partial charge on any atom is -0.455 e. The quantitative estimate of drug-likeness (QED) is 0.553. The average molecular weight is 377 g/mol. The topological polar surface area (TPSA) is 55.4 Å². The fraction of sp³-hybridized carbons (Fsp3) is 0.333. The summed E-state index contributed by atoms with van der Waals surface area (Å²) < 4.78 is 5.19. The van der Waals surface area contributed by atoms with Crippen LogP contribution in [0.5, 0.6) is 0 Å². The first-order chi connectivity index (χ1) is 13.7. The number of allylic oxidation sites excluding steroid dienone is 2. The van der Waals surface area contributed by atoms with E-state index in [2.05, 4.69) is 35.7 Å². The van der Waals surface area contributed by atoms with E-state index in [4.69, 9.17) is 4.74 Å². The van der Waals surface area contributed by atoms with Gasteiger partial charge in [0, 0.05) is 12.5 Å². The molecular weight excluding hydrogens is 350 g/mol. The van der Waals surface area contributed by atoms with Crippen LogP contribution in [-0.2, 0) is 14.3 Å². The Morgan fingerprint density at radius 3 is 2.18 bits per heavy atom. The lowest BCUT2D eigenvalue weighted by Crippen LogP contribution is -2.31. The molecule has 0 radical (unpaired) electrons. The van der Waals surface area contributed by atoms with Crippen LogP contribution in [0.2, 0.25) is 0 Å². The van der Waals surface area contributed by atoms with Crippen molar-refractivity contribution in [2.24, 2.45) is 5.92 Å². The molecule has 0 spiro atoms. The molecule has 1 amide bonds. The summed E-state index contributed by atoms with van der Waals surface area (Å²) in [5.41, 5.74) is 2.44. The zero-order chi connectivity index (χ0) is 19.6. The van der Waals surface area contributed by atoms with Crippen LogP contribution in [0.3, 0.4) is 0 Å². The highest BCUT2D eigenvalue weighted by Crippen LogP contribution is 2.27. The van der Waals surface area contributed by atoms with Crippen LogP contribution in [-0.4, -0.2) is 25.0 Å². The number of rotatable bonds is 8. The molecule has 1 N–H and O–H groups in total. The second kappa shape index (κ2) is 10.5. The van der Waals surface area contributed by atoms with Crippen molar-refractivity contribution < 1.29 is 14.3 Å². The Hall–Kier alpha value is -2.88. The van der Waals surface area contributed by atoms with Crippen molar-refractivity contribution in [2.75, 3.05) is 13.2 Å². The normalized spacial score (nSPS) is 16.0. The van der Waals surface area contributed by atoms with E-state index in [1.54, 1.807) is 0 Å². The molecule has 0 saturated carbocycles. The average Bonchev–Trinajstić information content (AvgIpc) is 2.77. The van der Waals surface area contributed by atoms with E-state index >= 15 is 0 Å². The maximum Gasteiger partial charge on any atom is 0.309 e. The number of amides is 1. The summed E-state index contributed by atoms with van der Waals surface area (Å²) in [5, 5.41) is 2.88. The van der Waals surface area contributed by atoms with Crippen molar-refractivity contribution in [3.05, 3.63) is 83.9 Å². The zero-order valence-corrected chi connectivity index (χ0v) is 16.1. The van der Waals surface area contributed by atoms with Gasteiger partial charge in [0.15, 0.2) is 6.61 Å². The number of carbonyl (C=O) groups is 2. The van der Waals surface area contributed by atoms with E-state index < -0.39 is 0 Å². The standard InChI is InChI=1S/C24H27NO3/c26-23(18-28-24(27)21-14-8-3-9-15-21)25-17-16-22(19-10-4-1-5-11-19)20-12-6-2-7-13-20/h1-8,10-13,21-22H,9,14-18H2,(H,25,26)/t21-/m1/s1. The number of nitrogens with one attached hydrogen (secondary N) is 1. The molecule has 3 rings (SSSR count). The summed E-state index contributed by atoms with van der Waals surface area (Å²) in [6, 6.07) is 20.6. The SMILES string of the molecule is O=C(COC(=O)[C@@H]1CC=CCC1)NCCC(c1ccccc1)c1ccccc1. The van der Waals surface area contributed by atoms with E-state index in [9.17, 15) is 9.59 Å². The van der Waals surface area contributed by atoms with Crippen LogP contribution in [0.15, 0.2) is 72.8 Å². The monoisotopic (exact) mass is 377 g/mol. The third-order valence-electron chi connectivity index (χ3n) is 5.11. The first kappa shape index (κ1) is 19.9. The molecule has 1 atom stereocenters. The molecule has 0 aliphatic heterocycles. The van der Waals surface area contributed by atoms with Gasteiger partial charge in [0.25, 0.3) is 5.91 Å². The predicted octanol–water partition coefficient (Wildman–Crippen LogP) is 4.22. The van der Waals surface area contributed by atoms with Crippen LogP contribution in [0, 0.1) is 5.92 Å². The molecule has 0 aromatic heterocycles. The van der Waals surface area contributed by atoms with Crippen molar-refractivity contribution in [1.82, 2.24) is 5.32 Å². The highest BCUT2D eigenvalue weighted by molar-refractivity contribution is 5.81. The molecule has 4 heteroatoms. The lowest BCUT2D eigenvalue weighted by atomic mass is 9.88. The maximum atomic E-state index is 12.1. The summed E-state index contributed by atoms with van der Waals surface area (Å²) in [4.78, 5) is 24.1. The molecule has 2 aromatic carbocycles. The Bertz CT molecular complexity index is 747. The van der Waals surface area contributed by atoms with Gasteiger partial charge in [0.1, 0.15) is 0 Å². The number of hydrogen-bond acceptors (Lipinski definition) is 3. The minimum atomic E-state index is -0.272. The predicted molar refractivity (Wildman–Crippen MR) is 110 cm³/mol. The Labute approximate surface area is 166 Å². The van der Waals surface area contributed by atoms with Gasteiger partial charge in [-0.2, -0.15) is 0 Å². The summed E-state index contributed by atoms with van der Waals surface area (Å²) in [7, 11) is 0. The van der Waals surface area contributed by atoms with Gasteiger partial charge in [-0.3, -0.25) is 9.59 Å². The fourth-order valence-electron chi connectivity index (χ4n) is 3.57. The minimum absolute atomic E-state index is 0.113. The van der Waals surface area contributed by atoms with Crippen molar-refractivity contribution >= 4 is 11.9 Å². The lowest BCUT2D eigenvalue weighted by molar-refractivity contribution is -0.152. The van der Waals surface area contributed by atoms with Crippen molar-refractivity contribution in [3.8, 4) is 0 Å². The van der Waals surface area contributed by atoms with Gasteiger partial charge in [-0.05, 0) is 36.8 Å². The van der Waals surface area contributed by atoms with Gasteiger partial charge < -0.3 is 10.1 Å². The second-order valence-corrected chi connectivity index (χ2v) is 7.10. The third kappa shape index (κ3) is 5.81. The summed E-state index contributed by atoms with van der Waals surface area (Å²) in [5.74, 6) is -0.428. The van der Waals surface area contributed by atoms with Crippen LogP contribution in [0.4, 0.5) is 0 Å². The van der Waals surface area contributed by atoms with Gasteiger partial charge in [0.05, 0.1) is 5.92 Å². The molecule has 1 aliphatic carbocycles. The van der Waals surface area contributed by atoms with E-state index in [1.165, 1.54) is 11.1 Å². The lowest BCUT2D eigenvalue weighted by Gasteiger charge is -2.19. The van der Waals surface area contributed by atoms with E-state index in [-0.39, 0.29) is 30.3 Å². The van der Waals surface area contributed by atoms with Crippen LogP contribution in [0.1, 0.15) is 42.7 Å². The number of hydrogen-bond donors (Lipinski definition) is 1. The van der Waals surface area contributed by atoms with Crippen LogP contribution in [0.25, 0.3) is 0 Å². The van der Waals surface area contributed by atoms with E-state index in [0.29, 0.717) is 13.0 Å². The molecular formula is C24H27NO3. The van der Waals surface area contributed by atoms with E-state index in [0.717, 1.165) is 19.3 Å². The van der Waals surface area contributed by atoms with Gasteiger partial charge in [0.2, 0.25) is 0 Å². The largest absolute Gasteiger partial charge is 0.455 e. The maximum absolute atomic E-state index is 12.1. The van der Waals surface area contributed by atoms with Crippen LogP contribution >= 0.6 is 0 Å². The Balaban J connectivity index is 1.48. The number of carbonyl (C=O) groups excluding carboxylic acids is 2. The zero-order valence-electron chi connectivity index (χ0n) is 16.1. The first-order valence-corrected chi connectivity index (χ1v) is 9.92. The highest BCUT2D eigenvalue weighted by Gasteiger charge is 2.21. The molecule has 0 bridgehead atoms. The fourth-order valence-corrected chi connectivity index (χ4v) is 3.57. The first-order valence-electron chi connectivity index (χ1n) is 9.92. The van der Waals surface area contributed by atoms with Crippen molar-refractivity contribution in [1.29, 1.82) is 0 Å². The van der Waals surface area contributed by atoms with Gasteiger partial charge >= 0.3 is 5.97 Å². The van der Waals surface area contributed by atoms with E-state index in [1.807, 2.05) is 42.5 Å². The molecule has 2 aromatic rings.